The number of sulfonamides is 1. The fourth-order valence-electron chi connectivity index (χ4n) is 3.43. The summed E-state index contributed by atoms with van der Waals surface area (Å²) >= 11 is 1.93. The molecule has 1 saturated carbocycles. The molecule has 1 amide bonds. The lowest BCUT2D eigenvalue weighted by atomic mass is 10.2. The number of hydrogen-bond acceptors (Lipinski definition) is 5. The molecule has 1 aromatic rings. The number of hydrogen-bond donors (Lipinski definition) is 1. The van der Waals surface area contributed by atoms with Gasteiger partial charge in [-0.2, -0.15) is 11.8 Å². The number of thioether (sulfide) groups is 1. The van der Waals surface area contributed by atoms with Gasteiger partial charge in [-0.25, -0.2) is 8.42 Å². The highest BCUT2D eigenvalue weighted by Crippen LogP contribution is 2.34. The minimum absolute atomic E-state index is 0.179. The molecule has 1 atom stereocenters. The van der Waals surface area contributed by atoms with E-state index in [0.717, 1.165) is 11.0 Å². The molecule has 1 unspecified atom stereocenters. The lowest BCUT2D eigenvalue weighted by Crippen LogP contribution is -2.40. The number of benzene rings is 1. The van der Waals surface area contributed by atoms with E-state index in [-0.39, 0.29) is 12.5 Å². The molecular weight excluding hydrogens is 372 g/mol. The van der Waals surface area contributed by atoms with E-state index in [1.807, 2.05) is 11.8 Å². The summed E-state index contributed by atoms with van der Waals surface area (Å²) in [6, 6.07) is 6.95. The summed E-state index contributed by atoms with van der Waals surface area (Å²) in [4.78, 5) is 12.5. The molecular formula is C18H26N2O4S2. The summed E-state index contributed by atoms with van der Waals surface area (Å²) in [5, 5.41) is 3.67. The van der Waals surface area contributed by atoms with Gasteiger partial charge in [0.1, 0.15) is 5.75 Å². The number of fused-ring (bicyclic) bond motifs is 1. The van der Waals surface area contributed by atoms with Crippen molar-refractivity contribution in [1.82, 2.24) is 5.32 Å². The molecule has 0 spiro atoms. The number of amides is 1. The van der Waals surface area contributed by atoms with Gasteiger partial charge in [-0.1, -0.05) is 25.0 Å². The Bertz CT molecular complexity index is 732. The Balaban J connectivity index is 1.58. The molecule has 26 heavy (non-hydrogen) atoms. The first kappa shape index (κ1) is 19.4. The number of ether oxygens (including phenoxy) is 1. The molecule has 0 aromatic heterocycles. The van der Waals surface area contributed by atoms with Crippen LogP contribution in [0, 0.1) is 0 Å². The van der Waals surface area contributed by atoms with Gasteiger partial charge in [0.25, 0.3) is 5.91 Å². The zero-order valence-corrected chi connectivity index (χ0v) is 16.7. The molecule has 144 valence electrons. The van der Waals surface area contributed by atoms with Gasteiger partial charge in [-0.3, -0.25) is 9.10 Å². The van der Waals surface area contributed by atoms with Crippen LogP contribution in [0.2, 0.25) is 0 Å². The van der Waals surface area contributed by atoms with Crippen molar-refractivity contribution >= 4 is 33.4 Å². The summed E-state index contributed by atoms with van der Waals surface area (Å²) in [7, 11) is -3.42. The Labute approximate surface area is 159 Å². The molecule has 0 bridgehead atoms. The van der Waals surface area contributed by atoms with Crippen LogP contribution in [0.1, 0.15) is 32.1 Å². The molecule has 1 N–H and O–H groups in total. The maximum Gasteiger partial charge on any atom is 0.261 e. The second-order valence-electron chi connectivity index (χ2n) is 6.77. The minimum atomic E-state index is -3.42. The summed E-state index contributed by atoms with van der Waals surface area (Å²) in [5.41, 5.74) is 0.488. The smallest absolute Gasteiger partial charge is 0.261 e. The Morgan fingerprint density at radius 2 is 2.00 bits per heavy atom. The Morgan fingerprint density at radius 1 is 1.27 bits per heavy atom. The maximum absolute atomic E-state index is 12.5. The molecule has 1 heterocycles. The Morgan fingerprint density at radius 3 is 2.73 bits per heavy atom. The van der Waals surface area contributed by atoms with Crippen LogP contribution in [0.25, 0.3) is 0 Å². The third-order valence-corrected chi connectivity index (χ3v) is 7.31. The standard InChI is InChI=1S/C18H26N2O4S2/c1-26(22,23)20-12-10-17(24-16-9-5-4-8-15(16)20)18(21)19-11-13-25-14-6-2-3-7-14/h4-5,8-9,14,17H,2-3,6-7,10-13H2,1H3,(H,19,21). The lowest BCUT2D eigenvalue weighted by Gasteiger charge is -2.20. The van der Waals surface area contributed by atoms with Crippen molar-refractivity contribution in [2.24, 2.45) is 0 Å². The van der Waals surface area contributed by atoms with Gasteiger partial charge < -0.3 is 10.1 Å². The van der Waals surface area contributed by atoms with Gasteiger partial charge >= 0.3 is 0 Å². The van der Waals surface area contributed by atoms with Crippen LogP contribution in [-0.4, -0.2) is 50.8 Å². The average Bonchev–Trinajstić information content (AvgIpc) is 3.02. The molecule has 0 radical (unpaired) electrons. The number of nitrogens with one attached hydrogen (secondary N) is 1. The quantitative estimate of drug-likeness (QED) is 0.745. The maximum atomic E-state index is 12.5. The van der Waals surface area contributed by atoms with E-state index in [0.29, 0.717) is 24.4 Å². The van der Waals surface area contributed by atoms with Crippen molar-refractivity contribution in [3.05, 3.63) is 24.3 Å². The van der Waals surface area contributed by atoms with E-state index in [9.17, 15) is 13.2 Å². The van der Waals surface area contributed by atoms with Crippen LogP contribution in [0.4, 0.5) is 5.69 Å². The van der Waals surface area contributed by atoms with Crippen LogP contribution in [0.5, 0.6) is 5.75 Å². The van der Waals surface area contributed by atoms with E-state index in [2.05, 4.69) is 5.32 Å². The van der Waals surface area contributed by atoms with Crippen molar-refractivity contribution in [2.45, 2.75) is 43.5 Å². The number of carbonyl (C=O) groups is 1. The van der Waals surface area contributed by atoms with Gasteiger partial charge in [-0.05, 0) is 25.0 Å². The monoisotopic (exact) mass is 398 g/mol. The number of para-hydroxylation sites is 2. The Kier molecular flexibility index (Phi) is 6.34. The zero-order valence-electron chi connectivity index (χ0n) is 15.0. The first-order valence-corrected chi connectivity index (χ1v) is 12.0. The third-order valence-electron chi connectivity index (χ3n) is 4.75. The van der Waals surface area contributed by atoms with Gasteiger partial charge in [-0.15, -0.1) is 0 Å². The van der Waals surface area contributed by atoms with Crippen molar-refractivity contribution in [3.63, 3.8) is 0 Å². The van der Waals surface area contributed by atoms with E-state index in [1.165, 1.54) is 36.2 Å². The predicted molar refractivity (Wildman–Crippen MR) is 105 cm³/mol. The van der Waals surface area contributed by atoms with Gasteiger partial charge in [0.15, 0.2) is 6.10 Å². The van der Waals surface area contributed by atoms with Crippen molar-refractivity contribution in [3.8, 4) is 5.75 Å². The molecule has 0 saturated heterocycles. The molecule has 2 aliphatic rings. The van der Waals surface area contributed by atoms with Crippen LogP contribution < -0.4 is 14.4 Å². The van der Waals surface area contributed by atoms with Gasteiger partial charge in [0, 0.05) is 30.5 Å². The molecule has 1 aliphatic carbocycles. The molecule has 1 aromatic carbocycles. The van der Waals surface area contributed by atoms with Gasteiger partial charge in [0.05, 0.1) is 11.9 Å². The van der Waals surface area contributed by atoms with Crippen LogP contribution in [0.3, 0.4) is 0 Å². The summed E-state index contributed by atoms with van der Waals surface area (Å²) < 4.78 is 31.3. The molecule has 8 heteroatoms. The first-order valence-electron chi connectivity index (χ1n) is 9.08. The largest absolute Gasteiger partial charge is 0.478 e. The van der Waals surface area contributed by atoms with Crippen molar-refractivity contribution in [1.29, 1.82) is 0 Å². The highest BCUT2D eigenvalue weighted by molar-refractivity contribution is 7.99. The van der Waals surface area contributed by atoms with E-state index >= 15 is 0 Å². The summed E-state index contributed by atoms with van der Waals surface area (Å²) in [6.07, 6.45) is 6.00. The van der Waals surface area contributed by atoms with Crippen LogP contribution in [0.15, 0.2) is 24.3 Å². The second-order valence-corrected chi connectivity index (χ2v) is 10.1. The van der Waals surface area contributed by atoms with Crippen LogP contribution in [-0.2, 0) is 14.8 Å². The molecule has 3 rings (SSSR count). The molecule has 1 aliphatic heterocycles. The average molecular weight is 399 g/mol. The molecule has 6 nitrogen and oxygen atoms in total. The fraction of sp³-hybridized carbons (Fsp3) is 0.611. The van der Waals surface area contributed by atoms with E-state index in [1.54, 1.807) is 24.3 Å². The summed E-state index contributed by atoms with van der Waals surface area (Å²) in [6.45, 7) is 0.835. The van der Waals surface area contributed by atoms with Crippen molar-refractivity contribution < 1.29 is 17.9 Å². The molecule has 1 fully saturated rings. The minimum Gasteiger partial charge on any atom is -0.478 e. The van der Waals surface area contributed by atoms with Gasteiger partial charge in [0.2, 0.25) is 10.0 Å². The lowest BCUT2D eigenvalue weighted by molar-refractivity contribution is -0.127. The number of anilines is 1. The first-order chi connectivity index (χ1) is 12.4. The highest BCUT2D eigenvalue weighted by atomic mass is 32.2. The third kappa shape index (κ3) is 4.85. The van der Waals surface area contributed by atoms with Crippen molar-refractivity contribution in [2.75, 3.05) is 29.4 Å². The van der Waals surface area contributed by atoms with E-state index in [4.69, 9.17) is 4.74 Å². The predicted octanol–water partition coefficient (Wildman–Crippen LogP) is 2.40. The van der Waals surface area contributed by atoms with Crippen LogP contribution >= 0.6 is 11.8 Å². The second kappa shape index (κ2) is 8.52. The van der Waals surface area contributed by atoms with E-state index < -0.39 is 16.1 Å². The topological polar surface area (TPSA) is 75.7 Å². The SMILES string of the molecule is CS(=O)(=O)N1CCC(C(=O)NCCSC2CCCC2)Oc2ccccc21. The number of carbonyl (C=O) groups excluding carboxylic acids is 1. The number of rotatable bonds is 6. The Hall–Kier alpha value is -1.41. The normalized spacial score (nSPS) is 21.0. The number of nitrogens with zero attached hydrogens (tertiary/aromatic N) is 1. The zero-order chi connectivity index (χ0) is 18.6. The highest BCUT2D eigenvalue weighted by Gasteiger charge is 2.30. The summed E-state index contributed by atoms with van der Waals surface area (Å²) in [5.74, 6) is 1.15. The fourth-order valence-corrected chi connectivity index (χ4v) is 5.59.